The van der Waals surface area contributed by atoms with Crippen LogP contribution >= 0.6 is 11.8 Å². The maximum atomic E-state index is 12.0. The summed E-state index contributed by atoms with van der Waals surface area (Å²) < 4.78 is 5.30. The van der Waals surface area contributed by atoms with Gasteiger partial charge in [-0.25, -0.2) is 0 Å². The topological polar surface area (TPSA) is 26.3 Å². The quantitative estimate of drug-likeness (QED) is 0.568. The van der Waals surface area contributed by atoms with Crippen LogP contribution in [-0.2, 0) is 9.53 Å². The summed E-state index contributed by atoms with van der Waals surface area (Å²) in [4.78, 5) is 12.0. The SMILES string of the molecule is CSCCOC(=O)CC(c1ccccc1)c1ccccc1. The predicted octanol–water partition coefficient (Wildman–Crippen LogP) is 4.11. The van der Waals surface area contributed by atoms with E-state index < -0.39 is 0 Å². The number of carbonyl (C=O) groups is 1. The Morgan fingerprint density at radius 3 is 2.00 bits per heavy atom. The third kappa shape index (κ3) is 4.94. The zero-order valence-corrected chi connectivity index (χ0v) is 13.0. The van der Waals surface area contributed by atoms with Crippen LogP contribution in [0.3, 0.4) is 0 Å². The number of thioether (sulfide) groups is 1. The lowest BCUT2D eigenvalue weighted by molar-refractivity contribution is -0.143. The van der Waals surface area contributed by atoms with Gasteiger partial charge in [0.05, 0.1) is 6.42 Å². The maximum Gasteiger partial charge on any atom is 0.306 e. The molecular formula is C18H20O2S. The molecule has 0 aliphatic carbocycles. The molecule has 0 radical (unpaired) electrons. The van der Waals surface area contributed by atoms with Gasteiger partial charge in [0, 0.05) is 11.7 Å². The van der Waals surface area contributed by atoms with Gasteiger partial charge in [0.15, 0.2) is 0 Å². The molecular weight excluding hydrogens is 280 g/mol. The lowest BCUT2D eigenvalue weighted by Gasteiger charge is -2.17. The van der Waals surface area contributed by atoms with Crippen molar-refractivity contribution < 1.29 is 9.53 Å². The molecule has 2 nitrogen and oxygen atoms in total. The van der Waals surface area contributed by atoms with Gasteiger partial charge in [0.2, 0.25) is 0 Å². The van der Waals surface area contributed by atoms with E-state index in [9.17, 15) is 4.79 Å². The second kappa shape index (κ2) is 8.53. The number of hydrogen-bond acceptors (Lipinski definition) is 3. The summed E-state index contributed by atoms with van der Waals surface area (Å²) in [6.07, 6.45) is 2.38. The Hall–Kier alpha value is -1.74. The molecule has 2 aromatic carbocycles. The van der Waals surface area contributed by atoms with Crippen LogP contribution in [-0.4, -0.2) is 24.6 Å². The molecule has 110 valence electrons. The van der Waals surface area contributed by atoms with Gasteiger partial charge in [-0.2, -0.15) is 11.8 Å². The molecule has 0 spiro atoms. The summed E-state index contributed by atoms with van der Waals surface area (Å²) in [5.74, 6) is 0.753. The highest BCUT2D eigenvalue weighted by Crippen LogP contribution is 2.28. The monoisotopic (exact) mass is 300 g/mol. The number of rotatable bonds is 7. The van der Waals surface area contributed by atoms with Crippen molar-refractivity contribution in [3.05, 3.63) is 71.8 Å². The van der Waals surface area contributed by atoms with Crippen molar-refractivity contribution in [3.63, 3.8) is 0 Å². The Balaban J connectivity index is 2.12. The first kappa shape index (κ1) is 15.6. The van der Waals surface area contributed by atoms with E-state index in [1.165, 1.54) is 0 Å². The van der Waals surface area contributed by atoms with E-state index in [-0.39, 0.29) is 11.9 Å². The van der Waals surface area contributed by atoms with Gasteiger partial charge in [-0.05, 0) is 17.4 Å². The minimum absolute atomic E-state index is 0.0502. The Labute approximate surface area is 130 Å². The van der Waals surface area contributed by atoms with Crippen molar-refractivity contribution >= 4 is 17.7 Å². The highest BCUT2D eigenvalue weighted by atomic mass is 32.2. The van der Waals surface area contributed by atoms with E-state index >= 15 is 0 Å². The smallest absolute Gasteiger partial charge is 0.306 e. The van der Waals surface area contributed by atoms with E-state index in [2.05, 4.69) is 24.3 Å². The molecule has 0 aliphatic heterocycles. The van der Waals surface area contributed by atoms with Crippen molar-refractivity contribution in [2.75, 3.05) is 18.6 Å². The first-order chi connectivity index (χ1) is 10.3. The number of benzene rings is 2. The summed E-state index contributed by atoms with van der Waals surface area (Å²) in [7, 11) is 0. The molecule has 2 aromatic rings. The molecule has 0 saturated heterocycles. The number of ether oxygens (including phenoxy) is 1. The molecule has 0 unspecified atom stereocenters. The fourth-order valence-electron chi connectivity index (χ4n) is 2.26. The molecule has 0 aliphatic rings. The second-order valence-electron chi connectivity index (χ2n) is 4.79. The average molecular weight is 300 g/mol. The zero-order chi connectivity index (χ0) is 14.9. The molecule has 21 heavy (non-hydrogen) atoms. The fourth-order valence-corrected chi connectivity index (χ4v) is 2.51. The summed E-state index contributed by atoms with van der Waals surface area (Å²) in [5, 5.41) is 0. The molecule has 0 N–H and O–H groups in total. The average Bonchev–Trinajstić information content (AvgIpc) is 2.54. The summed E-state index contributed by atoms with van der Waals surface area (Å²) >= 11 is 1.68. The van der Waals surface area contributed by atoms with Gasteiger partial charge in [-0.15, -0.1) is 0 Å². The van der Waals surface area contributed by atoms with Crippen molar-refractivity contribution in [1.82, 2.24) is 0 Å². The van der Waals surface area contributed by atoms with Gasteiger partial charge in [-0.3, -0.25) is 4.79 Å². The van der Waals surface area contributed by atoms with Gasteiger partial charge in [0.1, 0.15) is 6.61 Å². The van der Waals surface area contributed by atoms with E-state index in [4.69, 9.17) is 4.74 Å². The van der Waals surface area contributed by atoms with Crippen LogP contribution in [0.25, 0.3) is 0 Å². The molecule has 0 bridgehead atoms. The number of hydrogen-bond donors (Lipinski definition) is 0. The minimum Gasteiger partial charge on any atom is -0.465 e. The van der Waals surface area contributed by atoms with E-state index in [1.807, 2.05) is 42.7 Å². The van der Waals surface area contributed by atoms with Gasteiger partial charge < -0.3 is 4.74 Å². The molecule has 0 amide bonds. The van der Waals surface area contributed by atoms with Gasteiger partial charge in [-0.1, -0.05) is 60.7 Å². The normalized spacial score (nSPS) is 10.6. The number of esters is 1. The van der Waals surface area contributed by atoms with E-state index in [0.717, 1.165) is 16.9 Å². The molecule has 3 heteroatoms. The highest BCUT2D eigenvalue weighted by molar-refractivity contribution is 7.98. The molecule has 0 atom stereocenters. The van der Waals surface area contributed by atoms with Crippen LogP contribution in [0.5, 0.6) is 0 Å². The molecule has 0 heterocycles. The van der Waals surface area contributed by atoms with Crippen LogP contribution in [0.1, 0.15) is 23.5 Å². The van der Waals surface area contributed by atoms with Crippen molar-refractivity contribution in [2.45, 2.75) is 12.3 Å². The summed E-state index contributed by atoms with van der Waals surface area (Å²) in [5.41, 5.74) is 2.29. The number of carbonyl (C=O) groups excluding carboxylic acids is 1. The highest BCUT2D eigenvalue weighted by Gasteiger charge is 2.18. The lowest BCUT2D eigenvalue weighted by atomic mass is 9.89. The molecule has 0 fully saturated rings. The van der Waals surface area contributed by atoms with E-state index in [1.54, 1.807) is 11.8 Å². The Morgan fingerprint density at radius 2 is 1.52 bits per heavy atom. The van der Waals surface area contributed by atoms with Crippen LogP contribution < -0.4 is 0 Å². The largest absolute Gasteiger partial charge is 0.465 e. The standard InChI is InChI=1S/C18H20O2S/c1-21-13-12-20-18(19)14-17(15-8-4-2-5-9-15)16-10-6-3-7-11-16/h2-11,17H,12-14H2,1H3. The second-order valence-corrected chi connectivity index (χ2v) is 5.78. The first-order valence-corrected chi connectivity index (χ1v) is 8.45. The van der Waals surface area contributed by atoms with Crippen molar-refractivity contribution in [3.8, 4) is 0 Å². The third-order valence-corrected chi connectivity index (χ3v) is 3.90. The van der Waals surface area contributed by atoms with Crippen LogP contribution in [0.4, 0.5) is 0 Å². The first-order valence-electron chi connectivity index (χ1n) is 7.05. The van der Waals surface area contributed by atoms with Crippen LogP contribution in [0, 0.1) is 0 Å². The Morgan fingerprint density at radius 1 is 1.00 bits per heavy atom. The van der Waals surface area contributed by atoms with Crippen LogP contribution in [0.2, 0.25) is 0 Å². The third-order valence-electron chi connectivity index (χ3n) is 3.33. The van der Waals surface area contributed by atoms with Gasteiger partial charge in [0.25, 0.3) is 0 Å². The van der Waals surface area contributed by atoms with Crippen molar-refractivity contribution in [2.24, 2.45) is 0 Å². The van der Waals surface area contributed by atoms with Crippen molar-refractivity contribution in [1.29, 1.82) is 0 Å². The predicted molar refractivity (Wildman–Crippen MR) is 88.7 cm³/mol. The molecule has 0 aromatic heterocycles. The zero-order valence-electron chi connectivity index (χ0n) is 12.2. The molecule has 2 rings (SSSR count). The lowest BCUT2D eigenvalue weighted by Crippen LogP contribution is -2.13. The Bertz CT molecular complexity index is 500. The fraction of sp³-hybridized carbons (Fsp3) is 0.278. The molecule has 0 saturated carbocycles. The Kier molecular flexibility index (Phi) is 6.35. The van der Waals surface area contributed by atoms with E-state index in [0.29, 0.717) is 13.0 Å². The summed E-state index contributed by atoms with van der Waals surface area (Å²) in [6.45, 7) is 0.482. The minimum atomic E-state index is -0.137. The van der Waals surface area contributed by atoms with Crippen LogP contribution in [0.15, 0.2) is 60.7 Å². The maximum absolute atomic E-state index is 12.0. The summed E-state index contributed by atoms with van der Waals surface area (Å²) in [6, 6.07) is 20.2. The van der Waals surface area contributed by atoms with Gasteiger partial charge >= 0.3 is 5.97 Å².